The summed E-state index contributed by atoms with van der Waals surface area (Å²) in [6.45, 7) is 2.61. The molecular weight excluding hydrogens is 336 g/mol. The van der Waals surface area contributed by atoms with E-state index in [-0.39, 0.29) is 5.63 Å². The van der Waals surface area contributed by atoms with E-state index in [0.717, 1.165) is 28.5 Å². The first kappa shape index (κ1) is 17.1. The molecule has 3 nitrogen and oxygen atoms in total. The van der Waals surface area contributed by atoms with E-state index in [4.69, 9.17) is 9.15 Å². The number of fused-ring (bicyclic) bond motifs is 1. The Balaban J connectivity index is 1.63. The molecule has 4 rings (SSSR count). The highest BCUT2D eigenvalue weighted by atomic mass is 16.5. The molecule has 0 aliphatic rings. The molecule has 4 aromatic rings. The number of aryl methyl sites for hydroxylation is 1. The lowest BCUT2D eigenvalue weighted by molar-refractivity contribution is 0.322. The first-order chi connectivity index (χ1) is 13.2. The Bertz CT molecular complexity index is 1130. The molecule has 3 aromatic carbocycles. The summed E-state index contributed by atoms with van der Waals surface area (Å²) < 4.78 is 11.3. The molecule has 0 bridgehead atoms. The van der Waals surface area contributed by atoms with Gasteiger partial charge in [0.05, 0.1) is 6.61 Å². The second-order valence-electron chi connectivity index (χ2n) is 6.54. The van der Waals surface area contributed by atoms with Crippen LogP contribution >= 0.6 is 0 Å². The fourth-order valence-corrected chi connectivity index (χ4v) is 3.26. The maximum absolute atomic E-state index is 12.1. The normalized spacial score (nSPS) is 10.9. The van der Waals surface area contributed by atoms with Crippen LogP contribution in [0.25, 0.3) is 22.1 Å². The summed E-state index contributed by atoms with van der Waals surface area (Å²) >= 11 is 0. The molecule has 0 amide bonds. The van der Waals surface area contributed by atoms with Crippen LogP contribution < -0.4 is 10.4 Å². The Kier molecular flexibility index (Phi) is 4.75. The van der Waals surface area contributed by atoms with Crippen LogP contribution in [-0.2, 0) is 6.42 Å². The lowest BCUT2D eigenvalue weighted by Gasteiger charge is -2.10. The van der Waals surface area contributed by atoms with Gasteiger partial charge in [-0.1, -0.05) is 54.6 Å². The van der Waals surface area contributed by atoms with Crippen molar-refractivity contribution in [2.24, 2.45) is 0 Å². The standard InChI is InChI=1S/C24H20O3/c1-17-7-5-6-10-20(17)22-16-24(25)27-23-15-19(11-12-21(22)23)26-14-13-18-8-3-2-4-9-18/h2-12,15-16H,13-14H2,1H3. The molecule has 134 valence electrons. The fourth-order valence-electron chi connectivity index (χ4n) is 3.26. The van der Waals surface area contributed by atoms with Crippen LogP contribution in [0.5, 0.6) is 5.75 Å². The van der Waals surface area contributed by atoms with Crippen LogP contribution in [0.15, 0.2) is 88.1 Å². The molecule has 0 atom stereocenters. The molecule has 0 unspecified atom stereocenters. The molecule has 3 heteroatoms. The van der Waals surface area contributed by atoms with Crippen molar-refractivity contribution >= 4 is 11.0 Å². The van der Waals surface area contributed by atoms with Gasteiger partial charge in [0.2, 0.25) is 0 Å². The van der Waals surface area contributed by atoms with E-state index < -0.39 is 0 Å². The fraction of sp³-hybridized carbons (Fsp3) is 0.125. The summed E-state index contributed by atoms with van der Waals surface area (Å²) in [4.78, 5) is 12.1. The molecule has 0 N–H and O–H groups in total. The van der Waals surface area contributed by atoms with Crippen LogP contribution in [0.2, 0.25) is 0 Å². The van der Waals surface area contributed by atoms with Gasteiger partial charge in [-0.05, 0) is 35.7 Å². The highest BCUT2D eigenvalue weighted by molar-refractivity contribution is 5.94. The Morgan fingerprint density at radius 1 is 0.852 bits per heavy atom. The molecule has 27 heavy (non-hydrogen) atoms. The molecule has 0 fully saturated rings. The van der Waals surface area contributed by atoms with E-state index in [9.17, 15) is 4.79 Å². The highest BCUT2D eigenvalue weighted by Crippen LogP contribution is 2.31. The van der Waals surface area contributed by atoms with Gasteiger partial charge in [-0.2, -0.15) is 0 Å². The largest absolute Gasteiger partial charge is 0.493 e. The summed E-state index contributed by atoms with van der Waals surface area (Å²) in [5.74, 6) is 0.698. The predicted octanol–water partition coefficient (Wildman–Crippen LogP) is 5.39. The molecule has 1 heterocycles. The summed E-state index contributed by atoms with van der Waals surface area (Å²) in [5, 5.41) is 0.902. The van der Waals surface area contributed by atoms with E-state index in [1.807, 2.05) is 61.5 Å². The Labute approximate surface area is 157 Å². The van der Waals surface area contributed by atoms with Gasteiger partial charge in [0, 0.05) is 29.5 Å². The Hall–Kier alpha value is -3.33. The molecule has 0 saturated heterocycles. The van der Waals surface area contributed by atoms with Crippen molar-refractivity contribution in [2.45, 2.75) is 13.3 Å². The molecule has 0 saturated carbocycles. The van der Waals surface area contributed by atoms with Crippen molar-refractivity contribution < 1.29 is 9.15 Å². The topological polar surface area (TPSA) is 39.4 Å². The van der Waals surface area contributed by atoms with Crippen molar-refractivity contribution in [1.82, 2.24) is 0 Å². The smallest absolute Gasteiger partial charge is 0.336 e. The van der Waals surface area contributed by atoms with Crippen molar-refractivity contribution in [3.05, 3.63) is 100 Å². The first-order valence-corrected chi connectivity index (χ1v) is 9.01. The number of benzene rings is 3. The summed E-state index contributed by atoms with van der Waals surface area (Å²) in [6.07, 6.45) is 0.825. The zero-order chi connectivity index (χ0) is 18.6. The Morgan fingerprint density at radius 2 is 1.63 bits per heavy atom. The molecule has 0 spiro atoms. The van der Waals surface area contributed by atoms with E-state index in [1.165, 1.54) is 5.56 Å². The molecule has 0 aliphatic heterocycles. The lowest BCUT2D eigenvalue weighted by atomic mass is 9.98. The van der Waals surface area contributed by atoms with Crippen LogP contribution in [0.4, 0.5) is 0 Å². The first-order valence-electron chi connectivity index (χ1n) is 9.01. The summed E-state index contributed by atoms with van der Waals surface area (Å²) in [5.41, 5.74) is 4.45. The van der Waals surface area contributed by atoms with Gasteiger partial charge >= 0.3 is 5.63 Å². The lowest BCUT2D eigenvalue weighted by Crippen LogP contribution is -2.02. The van der Waals surface area contributed by atoms with Gasteiger partial charge in [-0.3, -0.25) is 0 Å². The second kappa shape index (κ2) is 7.50. The van der Waals surface area contributed by atoms with Crippen LogP contribution in [0.3, 0.4) is 0 Å². The van der Waals surface area contributed by atoms with E-state index in [2.05, 4.69) is 12.1 Å². The zero-order valence-corrected chi connectivity index (χ0v) is 15.1. The molecule has 0 radical (unpaired) electrons. The van der Waals surface area contributed by atoms with Crippen molar-refractivity contribution in [1.29, 1.82) is 0 Å². The minimum absolute atomic E-state index is 0.359. The van der Waals surface area contributed by atoms with Gasteiger partial charge in [0.1, 0.15) is 11.3 Å². The van der Waals surface area contributed by atoms with Crippen molar-refractivity contribution in [3.63, 3.8) is 0 Å². The van der Waals surface area contributed by atoms with Gasteiger partial charge in [-0.25, -0.2) is 4.79 Å². The minimum Gasteiger partial charge on any atom is -0.493 e. The summed E-state index contributed by atoms with van der Waals surface area (Å²) in [6, 6.07) is 25.5. The predicted molar refractivity (Wildman–Crippen MR) is 108 cm³/mol. The number of rotatable bonds is 5. The quantitative estimate of drug-likeness (QED) is 0.450. The molecule has 0 aliphatic carbocycles. The zero-order valence-electron chi connectivity index (χ0n) is 15.1. The van der Waals surface area contributed by atoms with Crippen molar-refractivity contribution in [3.8, 4) is 16.9 Å². The Morgan fingerprint density at radius 3 is 2.44 bits per heavy atom. The monoisotopic (exact) mass is 356 g/mol. The highest BCUT2D eigenvalue weighted by Gasteiger charge is 2.10. The van der Waals surface area contributed by atoms with E-state index in [1.54, 1.807) is 12.1 Å². The van der Waals surface area contributed by atoms with E-state index >= 15 is 0 Å². The van der Waals surface area contributed by atoms with Crippen LogP contribution in [-0.4, -0.2) is 6.61 Å². The average molecular weight is 356 g/mol. The molecular formula is C24H20O3. The number of hydrogen-bond donors (Lipinski definition) is 0. The van der Waals surface area contributed by atoms with Crippen LogP contribution in [0, 0.1) is 6.92 Å². The third-order valence-electron chi connectivity index (χ3n) is 4.65. The summed E-state index contributed by atoms with van der Waals surface area (Å²) in [7, 11) is 0. The maximum Gasteiger partial charge on any atom is 0.336 e. The van der Waals surface area contributed by atoms with Crippen LogP contribution in [0.1, 0.15) is 11.1 Å². The third-order valence-corrected chi connectivity index (χ3v) is 4.65. The average Bonchev–Trinajstić information content (AvgIpc) is 2.68. The second-order valence-corrected chi connectivity index (χ2v) is 6.54. The van der Waals surface area contributed by atoms with E-state index in [0.29, 0.717) is 17.9 Å². The van der Waals surface area contributed by atoms with Gasteiger partial charge in [0.25, 0.3) is 0 Å². The minimum atomic E-state index is -0.359. The van der Waals surface area contributed by atoms with Gasteiger partial charge in [-0.15, -0.1) is 0 Å². The number of hydrogen-bond acceptors (Lipinski definition) is 3. The molecule has 1 aromatic heterocycles. The van der Waals surface area contributed by atoms with Gasteiger partial charge in [0.15, 0.2) is 0 Å². The van der Waals surface area contributed by atoms with Gasteiger partial charge < -0.3 is 9.15 Å². The van der Waals surface area contributed by atoms with Crippen molar-refractivity contribution in [2.75, 3.05) is 6.61 Å². The maximum atomic E-state index is 12.1. The number of ether oxygens (including phenoxy) is 1. The SMILES string of the molecule is Cc1ccccc1-c1cc(=O)oc2cc(OCCc3ccccc3)ccc12. The third kappa shape index (κ3) is 3.77.